The fourth-order valence-corrected chi connectivity index (χ4v) is 6.27. The molecule has 0 heterocycles. The van der Waals surface area contributed by atoms with Crippen molar-refractivity contribution < 1.29 is 18.0 Å². The SMILES string of the molecule is CCCNC(=O)C(CC)N(Cc1ccc(Cl)c(Cl)c1)C(=O)CN(c1cccc(C)c1C)S(=O)(=O)c1ccc(C)cc1. The maximum Gasteiger partial charge on any atom is 0.264 e. The van der Waals surface area contributed by atoms with Gasteiger partial charge in [-0.2, -0.15) is 0 Å². The second-order valence-electron chi connectivity index (χ2n) is 10.0. The molecule has 0 saturated heterocycles. The van der Waals surface area contributed by atoms with Crippen molar-refractivity contribution in [3.05, 3.63) is 93.0 Å². The fourth-order valence-electron chi connectivity index (χ4n) is 4.48. The number of sulfonamides is 1. The summed E-state index contributed by atoms with van der Waals surface area (Å²) in [5.74, 6) is -0.825. The van der Waals surface area contributed by atoms with Crippen molar-refractivity contribution in [1.29, 1.82) is 0 Å². The first kappa shape index (κ1) is 32.4. The van der Waals surface area contributed by atoms with Crippen molar-refractivity contribution in [3.8, 4) is 0 Å². The molecular weight excluding hydrogens is 581 g/mol. The van der Waals surface area contributed by atoms with E-state index in [9.17, 15) is 18.0 Å². The lowest BCUT2D eigenvalue weighted by Crippen LogP contribution is -2.52. The van der Waals surface area contributed by atoms with Crippen molar-refractivity contribution >= 4 is 50.7 Å². The van der Waals surface area contributed by atoms with Crippen LogP contribution in [0.15, 0.2) is 65.6 Å². The number of rotatable bonds is 12. The first-order valence-electron chi connectivity index (χ1n) is 13.6. The van der Waals surface area contributed by atoms with Gasteiger partial charge in [0.05, 0.1) is 20.6 Å². The zero-order valence-corrected chi connectivity index (χ0v) is 26.4. The second kappa shape index (κ2) is 14.2. The molecule has 41 heavy (non-hydrogen) atoms. The lowest BCUT2D eigenvalue weighted by Gasteiger charge is -2.33. The van der Waals surface area contributed by atoms with Gasteiger partial charge in [-0.3, -0.25) is 13.9 Å². The van der Waals surface area contributed by atoms with Crippen LogP contribution in [-0.2, 0) is 26.2 Å². The van der Waals surface area contributed by atoms with Crippen LogP contribution in [0.1, 0.15) is 48.9 Å². The molecule has 1 unspecified atom stereocenters. The molecule has 0 saturated carbocycles. The van der Waals surface area contributed by atoms with Crippen LogP contribution < -0.4 is 9.62 Å². The minimum Gasteiger partial charge on any atom is -0.354 e. The molecule has 3 aromatic carbocycles. The monoisotopic (exact) mass is 617 g/mol. The van der Waals surface area contributed by atoms with Crippen molar-refractivity contribution in [1.82, 2.24) is 10.2 Å². The Hall–Kier alpha value is -3.07. The molecule has 0 bridgehead atoms. The van der Waals surface area contributed by atoms with E-state index in [4.69, 9.17) is 23.2 Å². The Morgan fingerprint density at radius 3 is 2.22 bits per heavy atom. The standard InChI is InChI=1S/C31H37Cl2N3O4S/c1-6-17-34-31(38)28(7-2)35(19-24-13-16-26(32)27(33)18-24)30(37)20-36(29-10-8-9-22(4)23(29)5)41(39,40)25-14-11-21(3)12-15-25/h8-16,18,28H,6-7,17,19-20H2,1-5H3,(H,34,38). The predicted molar refractivity (Wildman–Crippen MR) is 166 cm³/mol. The summed E-state index contributed by atoms with van der Waals surface area (Å²) in [4.78, 5) is 28.9. The first-order chi connectivity index (χ1) is 19.4. The third kappa shape index (κ3) is 7.82. The number of halogens is 2. The normalized spacial score (nSPS) is 12.1. The number of nitrogens with one attached hydrogen (secondary N) is 1. The molecule has 7 nitrogen and oxygen atoms in total. The average Bonchev–Trinajstić information content (AvgIpc) is 2.94. The van der Waals surface area contributed by atoms with Crippen molar-refractivity contribution in [2.45, 2.75) is 64.9 Å². The molecule has 1 atom stereocenters. The molecule has 2 amide bonds. The second-order valence-corrected chi connectivity index (χ2v) is 12.7. The summed E-state index contributed by atoms with van der Waals surface area (Å²) in [6.45, 7) is 9.35. The Labute approximate surface area is 253 Å². The lowest BCUT2D eigenvalue weighted by atomic mass is 10.1. The molecule has 3 aromatic rings. The Morgan fingerprint density at radius 1 is 0.927 bits per heavy atom. The summed E-state index contributed by atoms with van der Waals surface area (Å²) in [6, 6.07) is 16.0. The minimum absolute atomic E-state index is 0.0407. The van der Waals surface area contributed by atoms with E-state index in [0.29, 0.717) is 34.3 Å². The molecular formula is C31H37Cl2N3O4S. The van der Waals surface area contributed by atoms with Gasteiger partial charge in [0.1, 0.15) is 12.6 Å². The highest BCUT2D eigenvalue weighted by molar-refractivity contribution is 7.92. The summed E-state index contributed by atoms with van der Waals surface area (Å²) in [5, 5.41) is 3.56. The number of benzene rings is 3. The van der Waals surface area contributed by atoms with Gasteiger partial charge in [0, 0.05) is 13.1 Å². The van der Waals surface area contributed by atoms with E-state index >= 15 is 0 Å². The van der Waals surface area contributed by atoms with Crippen molar-refractivity contribution in [2.24, 2.45) is 0 Å². The van der Waals surface area contributed by atoms with Gasteiger partial charge in [0.2, 0.25) is 11.8 Å². The van der Waals surface area contributed by atoms with Crippen molar-refractivity contribution in [3.63, 3.8) is 0 Å². The molecule has 0 aromatic heterocycles. The Morgan fingerprint density at radius 2 is 1.61 bits per heavy atom. The van der Waals surface area contributed by atoms with Gasteiger partial charge >= 0.3 is 0 Å². The number of hydrogen-bond acceptors (Lipinski definition) is 4. The molecule has 0 aliphatic heterocycles. The molecule has 0 fully saturated rings. The molecule has 1 N–H and O–H groups in total. The zero-order chi connectivity index (χ0) is 30.3. The molecule has 220 valence electrons. The topological polar surface area (TPSA) is 86.8 Å². The van der Waals surface area contributed by atoms with Crippen LogP contribution in [0.5, 0.6) is 0 Å². The van der Waals surface area contributed by atoms with Gasteiger partial charge in [0.25, 0.3) is 10.0 Å². The van der Waals surface area contributed by atoms with Crippen LogP contribution in [0.25, 0.3) is 0 Å². The van der Waals surface area contributed by atoms with Crippen LogP contribution in [0.3, 0.4) is 0 Å². The number of anilines is 1. The Bertz CT molecular complexity index is 1490. The van der Waals surface area contributed by atoms with E-state index in [1.54, 1.807) is 42.5 Å². The summed E-state index contributed by atoms with van der Waals surface area (Å²) < 4.78 is 29.3. The van der Waals surface area contributed by atoms with Crippen LogP contribution in [-0.4, -0.2) is 44.3 Å². The predicted octanol–water partition coefficient (Wildman–Crippen LogP) is 6.45. The average molecular weight is 619 g/mol. The summed E-state index contributed by atoms with van der Waals surface area (Å²) in [6.07, 6.45) is 1.06. The number of amides is 2. The highest BCUT2D eigenvalue weighted by atomic mass is 35.5. The van der Waals surface area contributed by atoms with Crippen LogP contribution in [0, 0.1) is 20.8 Å². The third-order valence-electron chi connectivity index (χ3n) is 7.00. The molecule has 0 spiro atoms. The first-order valence-corrected chi connectivity index (χ1v) is 15.8. The quantitative estimate of drug-likeness (QED) is 0.253. The summed E-state index contributed by atoms with van der Waals surface area (Å²) in [5.41, 5.74) is 3.60. The van der Waals surface area contributed by atoms with E-state index in [-0.39, 0.29) is 17.3 Å². The van der Waals surface area contributed by atoms with Crippen LogP contribution in [0.4, 0.5) is 5.69 Å². The van der Waals surface area contributed by atoms with Gasteiger partial charge < -0.3 is 10.2 Å². The maximum atomic E-state index is 14.2. The number of carbonyl (C=O) groups is 2. The smallest absolute Gasteiger partial charge is 0.264 e. The zero-order valence-electron chi connectivity index (χ0n) is 24.1. The highest BCUT2D eigenvalue weighted by Crippen LogP contribution is 2.30. The number of aryl methyl sites for hydroxylation is 2. The van der Waals surface area contributed by atoms with Gasteiger partial charge in [-0.05, 0) is 80.6 Å². The molecule has 10 heteroatoms. The van der Waals surface area contributed by atoms with Gasteiger partial charge in [0.15, 0.2) is 0 Å². The van der Waals surface area contributed by atoms with E-state index in [0.717, 1.165) is 27.4 Å². The van der Waals surface area contributed by atoms with Gasteiger partial charge in [-0.25, -0.2) is 8.42 Å². The van der Waals surface area contributed by atoms with Gasteiger partial charge in [-0.15, -0.1) is 0 Å². The Balaban J connectivity index is 2.11. The van der Waals surface area contributed by atoms with Crippen LogP contribution >= 0.6 is 23.2 Å². The molecule has 0 aliphatic carbocycles. The van der Waals surface area contributed by atoms with E-state index < -0.39 is 28.5 Å². The lowest BCUT2D eigenvalue weighted by molar-refractivity contribution is -0.140. The van der Waals surface area contributed by atoms with Crippen molar-refractivity contribution in [2.75, 3.05) is 17.4 Å². The number of nitrogens with zero attached hydrogens (tertiary/aromatic N) is 2. The Kier molecular flexibility index (Phi) is 11.2. The highest BCUT2D eigenvalue weighted by Gasteiger charge is 2.34. The summed E-state index contributed by atoms with van der Waals surface area (Å²) in [7, 11) is -4.14. The van der Waals surface area contributed by atoms with Crippen LogP contribution in [0.2, 0.25) is 10.0 Å². The van der Waals surface area contributed by atoms with E-state index in [2.05, 4.69) is 5.32 Å². The van der Waals surface area contributed by atoms with E-state index in [1.807, 2.05) is 40.7 Å². The largest absolute Gasteiger partial charge is 0.354 e. The molecule has 0 radical (unpaired) electrons. The molecule has 3 rings (SSSR count). The minimum atomic E-state index is -4.14. The summed E-state index contributed by atoms with van der Waals surface area (Å²) >= 11 is 12.4. The fraction of sp³-hybridized carbons (Fsp3) is 0.355. The molecule has 0 aliphatic rings. The maximum absolute atomic E-state index is 14.2. The number of hydrogen-bond donors (Lipinski definition) is 1. The van der Waals surface area contributed by atoms with Gasteiger partial charge in [-0.1, -0.05) is 72.9 Å². The third-order valence-corrected chi connectivity index (χ3v) is 9.52. The van der Waals surface area contributed by atoms with E-state index in [1.165, 1.54) is 17.0 Å². The number of carbonyl (C=O) groups excluding carboxylic acids is 2.